The van der Waals surface area contributed by atoms with Gasteiger partial charge >= 0.3 is 0 Å². The molecule has 0 aliphatic heterocycles. The Morgan fingerprint density at radius 2 is 1.86 bits per heavy atom. The van der Waals surface area contributed by atoms with E-state index in [4.69, 9.17) is 4.84 Å². The summed E-state index contributed by atoms with van der Waals surface area (Å²) in [7, 11) is 0. The highest BCUT2D eigenvalue weighted by Crippen LogP contribution is 2.19. The fourth-order valence-corrected chi connectivity index (χ4v) is 1.92. The molecule has 2 rings (SSSR count). The molecule has 0 spiro atoms. The third kappa shape index (κ3) is 4.67. The predicted molar refractivity (Wildman–Crippen MR) is 79.6 cm³/mol. The van der Waals surface area contributed by atoms with E-state index in [1.165, 1.54) is 17.7 Å². The van der Waals surface area contributed by atoms with Gasteiger partial charge in [0.2, 0.25) is 0 Å². The molecule has 2 aromatic carbocycles. The van der Waals surface area contributed by atoms with Gasteiger partial charge in [0.05, 0.1) is 6.21 Å². The molecule has 0 amide bonds. The standard InChI is InChI=1S/C17H17F2NO/c1-2-13-5-3-6-14(9-13)11-20-21-12-15-7-4-8-16(10-15)17(18)19/h3-11,17H,2,12H2,1H3. The average molecular weight is 289 g/mol. The number of hydrogen-bond donors (Lipinski definition) is 0. The van der Waals surface area contributed by atoms with Crippen molar-refractivity contribution < 1.29 is 13.6 Å². The molecule has 0 unspecified atom stereocenters. The summed E-state index contributed by atoms with van der Waals surface area (Å²) in [6, 6.07) is 14.1. The average Bonchev–Trinajstić information content (AvgIpc) is 2.52. The van der Waals surface area contributed by atoms with Crippen molar-refractivity contribution in [1.82, 2.24) is 0 Å². The van der Waals surface area contributed by atoms with Crippen LogP contribution < -0.4 is 0 Å². The van der Waals surface area contributed by atoms with Crippen molar-refractivity contribution in [2.45, 2.75) is 26.4 Å². The third-order valence-corrected chi connectivity index (χ3v) is 3.07. The SMILES string of the molecule is CCc1cccc(C=NOCc2cccc(C(F)F)c2)c1. The van der Waals surface area contributed by atoms with E-state index in [-0.39, 0.29) is 12.2 Å². The van der Waals surface area contributed by atoms with Crippen molar-refractivity contribution >= 4 is 6.21 Å². The predicted octanol–water partition coefficient (Wildman–Crippen LogP) is 4.74. The summed E-state index contributed by atoms with van der Waals surface area (Å²) in [5.41, 5.74) is 2.85. The van der Waals surface area contributed by atoms with Crippen LogP contribution in [0.3, 0.4) is 0 Å². The van der Waals surface area contributed by atoms with Crippen molar-refractivity contribution in [3.63, 3.8) is 0 Å². The van der Waals surface area contributed by atoms with Gasteiger partial charge in [-0.05, 0) is 29.2 Å². The normalized spacial score (nSPS) is 11.2. The van der Waals surface area contributed by atoms with Crippen LogP contribution in [-0.2, 0) is 17.9 Å². The van der Waals surface area contributed by atoms with Crippen molar-refractivity contribution in [2.24, 2.45) is 5.16 Å². The fourth-order valence-electron chi connectivity index (χ4n) is 1.92. The summed E-state index contributed by atoms with van der Waals surface area (Å²) in [5.74, 6) is 0. The van der Waals surface area contributed by atoms with E-state index >= 15 is 0 Å². The van der Waals surface area contributed by atoms with Gasteiger partial charge in [-0.2, -0.15) is 0 Å². The quantitative estimate of drug-likeness (QED) is 0.556. The summed E-state index contributed by atoms with van der Waals surface area (Å²) in [4.78, 5) is 5.16. The van der Waals surface area contributed by atoms with Crippen LogP contribution in [0.5, 0.6) is 0 Å². The van der Waals surface area contributed by atoms with Gasteiger partial charge in [0.25, 0.3) is 6.43 Å². The van der Waals surface area contributed by atoms with Crippen LogP contribution >= 0.6 is 0 Å². The fraction of sp³-hybridized carbons (Fsp3) is 0.235. The Labute approximate surface area is 123 Å². The first-order chi connectivity index (χ1) is 10.2. The monoisotopic (exact) mass is 289 g/mol. The van der Waals surface area contributed by atoms with Crippen LogP contribution in [0.2, 0.25) is 0 Å². The second-order valence-corrected chi connectivity index (χ2v) is 4.65. The van der Waals surface area contributed by atoms with Crippen molar-refractivity contribution in [1.29, 1.82) is 0 Å². The lowest BCUT2D eigenvalue weighted by Gasteiger charge is -2.03. The molecule has 2 nitrogen and oxygen atoms in total. The van der Waals surface area contributed by atoms with E-state index in [0.717, 1.165) is 12.0 Å². The van der Waals surface area contributed by atoms with Crippen LogP contribution in [0.25, 0.3) is 0 Å². The number of oxime groups is 1. The van der Waals surface area contributed by atoms with Gasteiger partial charge < -0.3 is 4.84 Å². The molecule has 4 heteroatoms. The molecular formula is C17H17F2NO. The number of rotatable bonds is 6. The highest BCUT2D eigenvalue weighted by Gasteiger charge is 2.06. The molecule has 0 heterocycles. The van der Waals surface area contributed by atoms with Crippen molar-refractivity contribution in [3.05, 3.63) is 70.8 Å². The topological polar surface area (TPSA) is 21.6 Å². The van der Waals surface area contributed by atoms with E-state index in [0.29, 0.717) is 5.56 Å². The minimum absolute atomic E-state index is 0.00396. The molecule has 110 valence electrons. The zero-order valence-corrected chi connectivity index (χ0v) is 11.8. The maximum absolute atomic E-state index is 12.6. The number of aryl methyl sites for hydroxylation is 1. The largest absolute Gasteiger partial charge is 0.391 e. The highest BCUT2D eigenvalue weighted by molar-refractivity contribution is 5.79. The van der Waals surface area contributed by atoms with Crippen molar-refractivity contribution in [2.75, 3.05) is 0 Å². The van der Waals surface area contributed by atoms with Gasteiger partial charge in [0.1, 0.15) is 6.61 Å². The summed E-state index contributed by atoms with van der Waals surface area (Å²) in [5, 5.41) is 3.87. The lowest BCUT2D eigenvalue weighted by Crippen LogP contribution is -1.91. The van der Waals surface area contributed by atoms with Crippen LogP contribution in [0.1, 0.15) is 35.6 Å². The Morgan fingerprint density at radius 1 is 1.10 bits per heavy atom. The zero-order chi connectivity index (χ0) is 15.1. The van der Waals surface area contributed by atoms with Crippen LogP contribution in [0.15, 0.2) is 53.7 Å². The number of nitrogens with zero attached hydrogens (tertiary/aromatic N) is 1. The van der Waals surface area contributed by atoms with E-state index in [2.05, 4.69) is 12.1 Å². The van der Waals surface area contributed by atoms with Crippen molar-refractivity contribution in [3.8, 4) is 0 Å². The van der Waals surface area contributed by atoms with Crippen LogP contribution in [0, 0.1) is 0 Å². The number of halogens is 2. The molecule has 2 aromatic rings. The minimum atomic E-state index is -2.47. The minimum Gasteiger partial charge on any atom is -0.391 e. The smallest absolute Gasteiger partial charge is 0.263 e. The van der Waals surface area contributed by atoms with E-state index in [1.807, 2.05) is 24.3 Å². The maximum Gasteiger partial charge on any atom is 0.263 e. The Hall–Kier alpha value is -2.23. The molecule has 0 N–H and O–H groups in total. The summed E-state index contributed by atoms with van der Waals surface area (Å²) in [6.45, 7) is 2.26. The Kier molecular flexibility index (Phi) is 5.43. The summed E-state index contributed by atoms with van der Waals surface area (Å²) >= 11 is 0. The van der Waals surface area contributed by atoms with Gasteiger partial charge in [0, 0.05) is 5.56 Å². The highest BCUT2D eigenvalue weighted by atomic mass is 19.3. The summed E-state index contributed by atoms with van der Waals surface area (Å²) in [6.07, 6.45) is 0.115. The Morgan fingerprint density at radius 3 is 2.62 bits per heavy atom. The molecule has 0 aliphatic carbocycles. The Bertz CT molecular complexity index is 611. The molecule has 0 saturated carbocycles. The van der Waals surface area contributed by atoms with E-state index in [1.54, 1.807) is 18.3 Å². The van der Waals surface area contributed by atoms with E-state index < -0.39 is 6.43 Å². The van der Waals surface area contributed by atoms with E-state index in [9.17, 15) is 8.78 Å². The lowest BCUT2D eigenvalue weighted by molar-refractivity contribution is 0.130. The lowest BCUT2D eigenvalue weighted by atomic mass is 10.1. The molecule has 21 heavy (non-hydrogen) atoms. The molecule has 0 saturated heterocycles. The van der Waals surface area contributed by atoms with Gasteiger partial charge in [0.15, 0.2) is 0 Å². The maximum atomic E-state index is 12.6. The summed E-state index contributed by atoms with van der Waals surface area (Å²) < 4.78 is 25.1. The molecule has 0 aromatic heterocycles. The molecular weight excluding hydrogens is 272 g/mol. The first-order valence-electron chi connectivity index (χ1n) is 6.80. The number of hydrogen-bond acceptors (Lipinski definition) is 2. The zero-order valence-electron chi connectivity index (χ0n) is 11.8. The molecule has 0 atom stereocenters. The van der Waals surface area contributed by atoms with Gasteiger partial charge in [-0.15, -0.1) is 0 Å². The molecule has 0 radical (unpaired) electrons. The van der Waals surface area contributed by atoms with Gasteiger partial charge in [-0.3, -0.25) is 0 Å². The number of alkyl halides is 2. The van der Waals surface area contributed by atoms with Gasteiger partial charge in [-0.25, -0.2) is 8.78 Å². The van der Waals surface area contributed by atoms with Gasteiger partial charge in [-0.1, -0.05) is 54.5 Å². The van der Waals surface area contributed by atoms with Crippen LogP contribution in [-0.4, -0.2) is 6.21 Å². The molecule has 0 aliphatic rings. The Balaban J connectivity index is 1.91. The second-order valence-electron chi connectivity index (χ2n) is 4.65. The first-order valence-corrected chi connectivity index (χ1v) is 6.80. The third-order valence-electron chi connectivity index (χ3n) is 3.07. The first kappa shape index (κ1) is 15.2. The molecule has 0 fully saturated rings. The van der Waals surface area contributed by atoms with Crippen LogP contribution in [0.4, 0.5) is 8.78 Å². The second kappa shape index (κ2) is 7.53. The number of benzene rings is 2. The molecule has 0 bridgehead atoms.